The fraction of sp³-hybridized carbons (Fsp3) is 0.297. The van der Waals surface area contributed by atoms with Crippen molar-refractivity contribution in [2.75, 3.05) is 13.7 Å². The van der Waals surface area contributed by atoms with Crippen LogP contribution in [0.15, 0.2) is 87.8 Å². The molecule has 0 fully saturated rings. The Morgan fingerprint density at radius 1 is 1.04 bits per heavy atom. The van der Waals surface area contributed by atoms with Crippen LogP contribution in [0.4, 0.5) is 0 Å². The maximum Gasteiger partial charge on any atom is 0.338 e. The van der Waals surface area contributed by atoms with Gasteiger partial charge in [-0.25, -0.2) is 14.6 Å². The van der Waals surface area contributed by atoms with Crippen LogP contribution in [-0.2, 0) is 16.1 Å². The Kier molecular flexibility index (Phi) is 10.4. The molecule has 0 amide bonds. The van der Waals surface area contributed by atoms with Gasteiger partial charge in [0.2, 0.25) is 0 Å². The van der Waals surface area contributed by atoms with Gasteiger partial charge in [0.25, 0.3) is 5.56 Å². The van der Waals surface area contributed by atoms with Gasteiger partial charge in [0.15, 0.2) is 16.3 Å². The van der Waals surface area contributed by atoms with Gasteiger partial charge in [-0.1, -0.05) is 81.0 Å². The van der Waals surface area contributed by atoms with Gasteiger partial charge in [0.05, 0.1) is 41.1 Å². The number of benzene rings is 3. The highest BCUT2D eigenvalue weighted by Gasteiger charge is 2.34. The van der Waals surface area contributed by atoms with Crippen molar-refractivity contribution in [1.29, 1.82) is 0 Å². The van der Waals surface area contributed by atoms with E-state index in [1.165, 1.54) is 24.5 Å². The number of allylic oxidation sites excluding steroid dienone is 1. The number of carboxylic acid groups (broad SMARTS) is 1. The van der Waals surface area contributed by atoms with E-state index < -0.39 is 18.0 Å². The molecule has 3 aromatic carbocycles. The van der Waals surface area contributed by atoms with Gasteiger partial charge in [-0.05, 0) is 71.9 Å². The van der Waals surface area contributed by atoms with Gasteiger partial charge in [0, 0.05) is 0 Å². The van der Waals surface area contributed by atoms with Gasteiger partial charge in [-0.15, -0.1) is 0 Å². The molecule has 5 rings (SSSR count). The standard InChI is InChI=1S/C37H38N2O7S/c1-6-9-28-32(36(43)45-7-2)33(26-15-13-25(14-16-26)22(3)4)39-34(40)31(47-37(39)38-28)20-23-12-17-29(30(19-23)44-5)46-21-24-10-8-11-27(18-24)35(41)42/h8,10-20,22,33H,6-7,9,21H2,1-5H3,(H,41,42)/b31-20-/t33-/m1/s1. The first-order valence-corrected chi connectivity index (χ1v) is 16.4. The third-order valence-corrected chi connectivity index (χ3v) is 8.85. The van der Waals surface area contributed by atoms with Crippen LogP contribution >= 0.6 is 11.3 Å². The highest BCUT2D eigenvalue weighted by Crippen LogP contribution is 2.33. The molecular weight excluding hydrogens is 616 g/mol. The lowest BCUT2D eigenvalue weighted by Crippen LogP contribution is -2.40. The SMILES string of the molecule is CCCC1=C(C(=O)OCC)[C@@H](c2ccc(C(C)C)cc2)n2c(s/c(=C\c3ccc(OCc4cccc(C(=O)O)c4)c(OC)c3)c2=O)=N1. The number of aromatic carboxylic acids is 1. The number of rotatable bonds is 12. The number of aromatic nitrogens is 1. The Morgan fingerprint density at radius 3 is 2.47 bits per heavy atom. The Balaban J connectivity index is 1.55. The van der Waals surface area contributed by atoms with E-state index in [1.54, 1.807) is 47.9 Å². The average molecular weight is 655 g/mol. The van der Waals surface area contributed by atoms with Crippen LogP contribution in [0, 0.1) is 0 Å². The third kappa shape index (κ3) is 7.23. The molecular formula is C37H38N2O7S. The molecule has 0 aliphatic carbocycles. The molecule has 47 heavy (non-hydrogen) atoms. The highest BCUT2D eigenvalue weighted by molar-refractivity contribution is 7.07. The fourth-order valence-electron chi connectivity index (χ4n) is 5.50. The molecule has 0 unspecified atom stereocenters. The molecule has 9 nitrogen and oxygen atoms in total. The number of ether oxygens (including phenoxy) is 3. The number of carbonyl (C=O) groups is 2. The molecule has 0 saturated carbocycles. The molecule has 0 saturated heterocycles. The summed E-state index contributed by atoms with van der Waals surface area (Å²) in [7, 11) is 1.53. The largest absolute Gasteiger partial charge is 0.493 e. The molecule has 0 spiro atoms. The van der Waals surface area contributed by atoms with Crippen LogP contribution in [0.1, 0.15) is 85.1 Å². The van der Waals surface area contributed by atoms with E-state index in [9.17, 15) is 19.5 Å². The van der Waals surface area contributed by atoms with Crippen molar-refractivity contribution >= 4 is 29.4 Å². The zero-order valence-electron chi connectivity index (χ0n) is 27.1. The number of methoxy groups -OCH3 is 1. The summed E-state index contributed by atoms with van der Waals surface area (Å²) in [4.78, 5) is 44.3. The van der Waals surface area contributed by atoms with Gasteiger partial charge >= 0.3 is 11.9 Å². The predicted molar refractivity (Wildman–Crippen MR) is 181 cm³/mol. The number of hydrogen-bond acceptors (Lipinski definition) is 8. The number of thiazole rings is 1. The summed E-state index contributed by atoms with van der Waals surface area (Å²) in [5.41, 5.74) is 4.33. The van der Waals surface area contributed by atoms with E-state index in [0.717, 1.165) is 17.5 Å². The van der Waals surface area contributed by atoms with Crippen molar-refractivity contribution < 1.29 is 28.9 Å². The van der Waals surface area contributed by atoms with Crippen LogP contribution in [0.2, 0.25) is 0 Å². The van der Waals surface area contributed by atoms with E-state index in [4.69, 9.17) is 19.2 Å². The van der Waals surface area contributed by atoms with E-state index >= 15 is 0 Å². The predicted octanol–water partition coefficient (Wildman–Crippen LogP) is 5.99. The number of fused-ring (bicyclic) bond motifs is 1. The minimum atomic E-state index is -1.01. The topological polar surface area (TPSA) is 116 Å². The molecule has 1 N–H and O–H groups in total. The van der Waals surface area contributed by atoms with Crippen molar-refractivity contribution in [2.45, 2.75) is 59.1 Å². The third-order valence-electron chi connectivity index (χ3n) is 7.86. The second-order valence-corrected chi connectivity index (χ2v) is 12.4. The molecule has 1 atom stereocenters. The summed E-state index contributed by atoms with van der Waals surface area (Å²) in [6.07, 6.45) is 3.12. The minimum absolute atomic E-state index is 0.149. The van der Waals surface area contributed by atoms with Gasteiger partial charge in [-0.2, -0.15) is 0 Å². The Morgan fingerprint density at radius 2 is 1.81 bits per heavy atom. The summed E-state index contributed by atoms with van der Waals surface area (Å²) in [5.74, 6) is -0.215. The first-order valence-electron chi connectivity index (χ1n) is 15.6. The summed E-state index contributed by atoms with van der Waals surface area (Å²) < 4.78 is 19.1. The van der Waals surface area contributed by atoms with Crippen LogP contribution in [-0.4, -0.2) is 35.3 Å². The quantitative estimate of drug-likeness (QED) is 0.187. The summed E-state index contributed by atoms with van der Waals surface area (Å²) >= 11 is 1.27. The zero-order chi connectivity index (χ0) is 33.7. The first-order chi connectivity index (χ1) is 22.6. The average Bonchev–Trinajstić information content (AvgIpc) is 3.37. The van der Waals surface area contributed by atoms with Crippen molar-refractivity contribution in [3.8, 4) is 11.5 Å². The number of nitrogens with zero attached hydrogens (tertiary/aromatic N) is 2. The Bertz CT molecular complexity index is 2010. The number of esters is 1. The lowest BCUT2D eigenvalue weighted by atomic mass is 9.92. The number of carbonyl (C=O) groups excluding carboxylic acids is 1. The van der Waals surface area contributed by atoms with Crippen LogP contribution < -0.4 is 24.4 Å². The highest BCUT2D eigenvalue weighted by atomic mass is 32.1. The second-order valence-electron chi connectivity index (χ2n) is 11.4. The van der Waals surface area contributed by atoms with E-state index in [-0.39, 0.29) is 24.3 Å². The maximum atomic E-state index is 14.1. The molecule has 1 aliphatic rings. The van der Waals surface area contributed by atoms with Gasteiger partial charge in [0.1, 0.15) is 6.61 Å². The van der Waals surface area contributed by atoms with Crippen LogP contribution in [0.5, 0.6) is 11.5 Å². The van der Waals surface area contributed by atoms with Gasteiger partial charge < -0.3 is 19.3 Å². The summed E-state index contributed by atoms with van der Waals surface area (Å²) in [6.45, 7) is 8.39. The molecule has 2 heterocycles. The van der Waals surface area contributed by atoms with Crippen LogP contribution in [0.3, 0.4) is 0 Å². The van der Waals surface area contributed by atoms with E-state index in [1.807, 2.05) is 37.3 Å². The minimum Gasteiger partial charge on any atom is -0.493 e. The molecule has 1 aromatic heterocycles. The maximum absolute atomic E-state index is 14.1. The lowest BCUT2D eigenvalue weighted by molar-refractivity contribution is -0.139. The number of hydrogen-bond donors (Lipinski definition) is 1. The molecule has 244 valence electrons. The molecule has 0 radical (unpaired) electrons. The van der Waals surface area contributed by atoms with Crippen molar-refractivity contribution in [1.82, 2.24) is 4.57 Å². The lowest BCUT2D eigenvalue weighted by Gasteiger charge is -2.26. The normalized spacial score (nSPS) is 14.5. The van der Waals surface area contributed by atoms with Crippen molar-refractivity contribution in [3.05, 3.63) is 126 Å². The molecule has 4 aromatic rings. The molecule has 0 bridgehead atoms. The van der Waals surface area contributed by atoms with E-state index in [0.29, 0.717) is 55.6 Å². The first kappa shape index (κ1) is 33.4. The summed E-state index contributed by atoms with van der Waals surface area (Å²) in [5, 5.41) is 9.28. The second kappa shape index (κ2) is 14.6. The number of carboxylic acids is 1. The van der Waals surface area contributed by atoms with Crippen molar-refractivity contribution in [2.24, 2.45) is 4.99 Å². The zero-order valence-corrected chi connectivity index (χ0v) is 27.9. The fourth-order valence-corrected chi connectivity index (χ4v) is 6.52. The smallest absolute Gasteiger partial charge is 0.338 e. The summed E-state index contributed by atoms with van der Waals surface area (Å²) in [6, 6.07) is 19.2. The Labute approximate surface area is 277 Å². The van der Waals surface area contributed by atoms with Gasteiger partial charge in [-0.3, -0.25) is 9.36 Å². The van der Waals surface area contributed by atoms with E-state index in [2.05, 4.69) is 13.8 Å². The van der Waals surface area contributed by atoms with Crippen molar-refractivity contribution in [3.63, 3.8) is 0 Å². The Hall–Kier alpha value is -4.96. The monoisotopic (exact) mass is 654 g/mol. The molecule has 10 heteroatoms. The molecule has 1 aliphatic heterocycles. The van der Waals surface area contributed by atoms with Crippen LogP contribution in [0.25, 0.3) is 6.08 Å².